The Kier molecular flexibility index (Phi) is 4.51. The van der Waals surface area contributed by atoms with Gasteiger partial charge in [0.15, 0.2) is 0 Å². The van der Waals surface area contributed by atoms with Gasteiger partial charge in [0.1, 0.15) is 0 Å². The Bertz CT molecular complexity index is 901. The van der Waals surface area contributed by atoms with Gasteiger partial charge in [0.05, 0.1) is 18.2 Å². The lowest BCUT2D eigenvalue weighted by molar-refractivity contribution is -0.136. The van der Waals surface area contributed by atoms with Gasteiger partial charge in [-0.05, 0) is 18.2 Å². The second-order valence-electron chi connectivity index (χ2n) is 6.68. The van der Waals surface area contributed by atoms with E-state index in [2.05, 4.69) is 15.3 Å². The minimum absolute atomic E-state index is 0.123. The predicted octanol–water partition coefficient (Wildman–Crippen LogP) is 3.15. The van der Waals surface area contributed by atoms with Crippen molar-refractivity contribution in [2.24, 2.45) is 5.92 Å². The van der Waals surface area contributed by atoms with Crippen LogP contribution in [0.5, 0.6) is 0 Å². The minimum Gasteiger partial charge on any atom is -0.338 e. The van der Waals surface area contributed by atoms with Crippen molar-refractivity contribution >= 4 is 17.5 Å². The van der Waals surface area contributed by atoms with Crippen LogP contribution < -0.4 is 0 Å². The highest BCUT2D eigenvalue weighted by atomic mass is 35.5. The molecular formula is C19H20ClN5O. The maximum atomic E-state index is 12.9. The maximum absolute atomic E-state index is 12.9. The SMILES string of the molecule is C[C@@H](Cn1cccn1)C(=O)N1CCc2[nH]nc(-c3ccc(Cl)cc3)c2C1. The van der Waals surface area contributed by atoms with Crippen molar-refractivity contribution in [2.45, 2.75) is 26.4 Å². The Morgan fingerprint density at radius 1 is 1.35 bits per heavy atom. The molecule has 6 nitrogen and oxygen atoms in total. The highest BCUT2D eigenvalue weighted by molar-refractivity contribution is 6.30. The molecular weight excluding hydrogens is 350 g/mol. The Morgan fingerprint density at radius 3 is 2.88 bits per heavy atom. The van der Waals surface area contributed by atoms with Gasteiger partial charge < -0.3 is 4.90 Å². The molecule has 4 rings (SSSR count). The van der Waals surface area contributed by atoms with Crippen molar-refractivity contribution in [1.29, 1.82) is 0 Å². The van der Waals surface area contributed by atoms with Gasteiger partial charge in [0.2, 0.25) is 5.91 Å². The second-order valence-corrected chi connectivity index (χ2v) is 7.11. The summed E-state index contributed by atoms with van der Waals surface area (Å²) in [5, 5.41) is 12.5. The van der Waals surface area contributed by atoms with Gasteiger partial charge in [-0.3, -0.25) is 14.6 Å². The molecule has 7 heteroatoms. The van der Waals surface area contributed by atoms with Crippen LogP contribution in [0.2, 0.25) is 5.02 Å². The largest absolute Gasteiger partial charge is 0.338 e. The van der Waals surface area contributed by atoms with E-state index in [9.17, 15) is 4.79 Å². The number of nitrogens with one attached hydrogen (secondary N) is 1. The van der Waals surface area contributed by atoms with E-state index in [1.807, 2.05) is 48.4 Å². The number of aromatic amines is 1. The van der Waals surface area contributed by atoms with Crippen molar-refractivity contribution in [2.75, 3.05) is 6.54 Å². The quantitative estimate of drug-likeness (QED) is 0.768. The summed E-state index contributed by atoms with van der Waals surface area (Å²) < 4.78 is 1.80. The van der Waals surface area contributed by atoms with Gasteiger partial charge in [-0.2, -0.15) is 10.2 Å². The zero-order chi connectivity index (χ0) is 18.1. The fourth-order valence-electron chi connectivity index (χ4n) is 3.41. The van der Waals surface area contributed by atoms with E-state index in [1.165, 1.54) is 0 Å². The summed E-state index contributed by atoms with van der Waals surface area (Å²) in [7, 11) is 0. The number of halogens is 1. The van der Waals surface area contributed by atoms with Crippen LogP contribution in [0.15, 0.2) is 42.7 Å². The molecule has 1 aliphatic rings. The topological polar surface area (TPSA) is 66.8 Å². The fraction of sp³-hybridized carbons (Fsp3) is 0.316. The number of carbonyl (C=O) groups is 1. The van der Waals surface area contributed by atoms with Gasteiger partial charge in [-0.25, -0.2) is 0 Å². The molecule has 0 radical (unpaired) electrons. The molecule has 0 bridgehead atoms. The van der Waals surface area contributed by atoms with Gasteiger partial charge in [0, 0.05) is 53.7 Å². The molecule has 0 saturated carbocycles. The summed E-state index contributed by atoms with van der Waals surface area (Å²) in [6.07, 6.45) is 4.40. The molecule has 0 aliphatic carbocycles. The van der Waals surface area contributed by atoms with Crippen LogP contribution in [-0.2, 0) is 24.3 Å². The van der Waals surface area contributed by atoms with Crippen LogP contribution in [0.25, 0.3) is 11.3 Å². The van der Waals surface area contributed by atoms with E-state index in [-0.39, 0.29) is 11.8 Å². The predicted molar refractivity (Wildman–Crippen MR) is 99.5 cm³/mol. The van der Waals surface area contributed by atoms with Crippen molar-refractivity contribution in [1.82, 2.24) is 24.9 Å². The summed E-state index contributed by atoms with van der Waals surface area (Å²) in [5.74, 6) is 0.0248. The number of nitrogens with zero attached hydrogens (tertiary/aromatic N) is 4. The number of H-pyrrole nitrogens is 1. The summed E-state index contributed by atoms with van der Waals surface area (Å²) in [6.45, 7) is 3.82. The molecule has 26 heavy (non-hydrogen) atoms. The Morgan fingerprint density at radius 2 is 2.15 bits per heavy atom. The van der Waals surface area contributed by atoms with Crippen LogP contribution in [-0.4, -0.2) is 37.3 Å². The Balaban J connectivity index is 1.52. The standard InChI is InChI=1S/C19H20ClN5O/c1-13(11-25-9-2-8-21-25)19(26)24-10-7-17-16(12-24)18(23-22-17)14-3-5-15(20)6-4-14/h2-6,8-9,13H,7,10-12H2,1H3,(H,22,23)/t13-/m0/s1. The van der Waals surface area contributed by atoms with Gasteiger partial charge in [-0.15, -0.1) is 0 Å². The monoisotopic (exact) mass is 369 g/mol. The molecule has 134 valence electrons. The van der Waals surface area contributed by atoms with E-state index in [1.54, 1.807) is 10.9 Å². The summed E-state index contributed by atoms with van der Waals surface area (Å²) in [5.41, 5.74) is 4.11. The third kappa shape index (κ3) is 3.24. The van der Waals surface area contributed by atoms with Gasteiger partial charge in [0.25, 0.3) is 0 Å². The fourth-order valence-corrected chi connectivity index (χ4v) is 3.53. The van der Waals surface area contributed by atoms with Crippen LogP contribution >= 0.6 is 11.6 Å². The number of benzene rings is 1. The third-order valence-electron chi connectivity index (χ3n) is 4.80. The number of hydrogen-bond donors (Lipinski definition) is 1. The first-order valence-corrected chi connectivity index (χ1v) is 9.08. The molecule has 0 fully saturated rings. The van der Waals surface area contributed by atoms with Crippen molar-refractivity contribution in [3.05, 3.63) is 59.0 Å². The average molecular weight is 370 g/mol. The lowest BCUT2D eigenvalue weighted by Crippen LogP contribution is -2.40. The summed E-state index contributed by atoms with van der Waals surface area (Å²) in [4.78, 5) is 14.8. The van der Waals surface area contributed by atoms with E-state index >= 15 is 0 Å². The van der Waals surface area contributed by atoms with Crippen LogP contribution in [0.3, 0.4) is 0 Å². The molecule has 0 spiro atoms. The van der Waals surface area contributed by atoms with E-state index in [0.717, 1.165) is 28.9 Å². The van der Waals surface area contributed by atoms with E-state index in [0.29, 0.717) is 24.7 Å². The van der Waals surface area contributed by atoms with Crippen molar-refractivity contribution in [3.8, 4) is 11.3 Å². The number of carbonyl (C=O) groups excluding carboxylic acids is 1. The molecule has 1 N–H and O–H groups in total. The van der Waals surface area contributed by atoms with Gasteiger partial charge in [-0.1, -0.05) is 30.7 Å². The Labute approximate surface area is 156 Å². The molecule has 1 atom stereocenters. The minimum atomic E-state index is -0.123. The lowest BCUT2D eigenvalue weighted by Gasteiger charge is -2.29. The van der Waals surface area contributed by atoms with Crippen LogP contribution in [0.1, 0.15) is 18.2 Å². The maximum Gasteiger partial charge on any atom is 0.227 e. The first kappa shape index (κ1) is 16.8. The van der Waals surface area contributed by atoms with Crippen LogP contribution in [0, 0.1) is 5.92 Å². The molecule has 0 saturated heterocycles. The normalized spacial score (nSPS) is 14.9. The number of aromatic nitrogens is 4. The molecule has 3 aromatic rings. The van der Waals surface area contributed by atoms with Crippen molar-refractivity contribution < 1.29 is 4.79 Å². The average Bonchev–Trinajstić information content (AvgIpc) is 3.31. The Hall–Kier alpha value is -2.60. The second kappa shape index (κ2) is 6.96. The van der Waals surface area contributed by atoms with Gasteiger partial charge >= 0.3 is 0 Å². The van der Waals surface area contributed by atoms with E-state index in [4.69, 9.17) is 11.6 Å². The zero-order valence-corrected chi connectivity index (χ0v) is 15.3. The number of fused-ring (bicyclic) bond motifs is 1. The number of rotatable bonds is 4. The highest BCUT2D eigenvalue weighted by Gasteiger charge is 2.28. The lowest BCUT2D eigenvalue weighted by atomic mass is 9.99. The first-order chi connectivity index (χ1) is 12.6. The molecule has 1 aromatic carbocycles. The molecule has 0 unspecified atom stereocenters. The number of amides is 1. The molecule has 3 heterocycles. The van der Waals surface area contributed by atoms with Crippen molar-refractivity contribution in [3.63, 3.8) is 0 Å². The molecule has 1 aliphatic heterocycles. The zero-order valence-electron chi connectivity index (χ0n) is 14.5. The first-order valence-electron chi connectivity index (χ1n) is 8.70. The third-order valence-corrected chi connectivity index (χ3v) is 5.06. The summed E-state index contributed by atoms with van der Waals surface area (Å²) in [6, 6.07) is 9.50. The molecule has 2 aromatic heterocycles. The summed E-state index contributed by atoms with van der Waals surface area (Å²) >= 11 is 5.99. The van der Waals surface area contributed by atoms with Crippen LogP contribution in [0.4, 0.5) is 0 Å². The molecule has 1 amide bonds. The highest BCUT2D eigenvalue weighted by Crippen LogP contribution is 2.29. The smallest absolute Gasteiger partial charge is 0.227 e. The number of hydrogen-bond acceptors (Lipinski definition) is 3. The van der Waals surface area contributed by atoms with E-state index < -0.39 is 0 Å².